The van der Waals surface area contributed by atoms with Crippen LogP contribution in [0.4, 0.5) is 5.69 Å². The van der Waals surface area contributed by atoms with E-state index < -0.39 is 6.04 Å². The fourth-order valence-electron chi connectivity index (χ4n) is 3.41. The second-order valence-electron chi connectivity index (χ2n) is 6.33. The lowest BCUT2D eigenvalue weighted by Crippen LogP contribution is -2.55. The maximum atomic E-state index is 12.8. The third kappa shape index (κ3) is 2.90. The van der Waals surface area contributed by atoms with Gasteiger partial charge in [-0.25, -0.2) is 4.98 Å². The summed E-state index contributed by atoms with van der Waals surface area (Å²) in [5.41, 5.74) is 1.24. The first-order valence-corrected chi connectivity index (χ1v) is 8.41. The Morgan fingerprint density at radius 2 is 2.08 bits per heavy atom. The van der Waals surface area contributed by atoms with Crippen molar-refractivity contribution in [3.63, 3.8) is 0 Å². The number of carbonyl (C=O) groups excluding carboxylic acids is 3. The largest absolute Gasteiger partial charge is 0.348 e. The summed E-state index contributed by atoms with van der Waals surface area (Å²) >= 11 is 0. The first-order chi connectivity index (χ1) is 12.6. The van der Waals surface area contributed by atoms with E-state index in [4.69, 9.17) is 0 Å². The molecule has 8 nitrogen and oxygen atoms in total. The highest BCUT2D eigenvalue weighted by Crippen LogP contribution is 2.28. The topological polar surface area (TPSA) is 104 Å². The Morgan fingerprint density at radius 1 is 1.23 bits per heavy atom. The zero-order valence-corrected chi connectivity index (χ0v) is 13.9. The summed E-state index contributed by atoms with van der Waals surface area (Å²) in [5, 5.41) is 5.71. The van der Waals surface area contributed by atoms with Crippen LogP contribution in [0.25, 0.3) is 0 Å². The van der Waals surface area contributed by atoms with Crippen molar-refractivity contribution in [2.75, 3.05) is 11.9 Å². The van der Waals surface area contributed by atoms with Crippen molar-refractivity contribution >= 4 is 23.4 Å². The van der Waals surface area contributed by atoms with Gasteiger partial charge in [0.05, 0.1) is 17.4 Å². The number of aromatic nitrogens is 2. The monoisotopic (exact) mass is 351 g/mol. The van der Waals surface area contributed by atoms with Gasteiger partial charge >= 0.3 is 0 Å². The summed E-state index contributed by atoms with van der Waals surface area (Å²) in [5.74, 6) is -0.732. The molecular weight excluding hydrogens is 334 g/mol. The molecule has 132 valence electrons. The smallest absolute Gasteiger partial charge is 0.271 e. The normalized spacial score (nSPS) is 21.9. The zero-order chi connectivity index (χ0) is 18.1. The molecule has 3 heterocycles. The Labute approximate surface area is 149 Å². The predicted molar refractivity (Wildman–Crippen MR) is 92.4 cm³/mol. The van der Waals surface area contributed by atoms with Crippen molar-refractivity contribution in [1.82, 2.24) is 20.2 Å². The number of amides is 3. The summed E-state index contributed by atoms with van der Waals surface area (Å²) in [6.45, 7) is 0.399. The molecule has 1 fully saturated rings. The Kier molecular flexibility index (Phi) is 4.08. The van der Waals surface area contributed by atoms with E-state index in [1.54, 1.807) is 29.2 Å². The van der Waals surface area contributed by atoms with Gasteiger partial charge in [-0.3, -0.25) is 19.4 Å². The maximum absolute atomic E-state index is 12.8. The minimum atomic E-state index is -0.615. The molecule has 2 aliphatic rings. The molecule has 2 aliphatic heterocycles. The molecule has 4 rings (SSSR count). The molecule has 26 heavy (non-hydrogen) atoms. The molecule has 2 atom stereocenters. The van der Waals surface area contributed by atoms with Crippen LogP contribution in [0.5, 0.6) is 0 Å². The molecule has 0 unspecified atom stereocenters. The fraction of sp³-hybridized carbons (Fsp3) is 0.278. The van der Waals surface area contributed by atoms with E-state index in [2.05, 4.69) is 20.6 Å². The van der Waals surface area contributed by atoms with Crippen LogP contribution < -0.4 is 10.6 Å². The molecule has 2 aromatic rings. The van der Waals surface area contributed by atoms with Crippen LogP contribution in [0.1, 0.15) is 33.7 Å². The predicted octanol–water partition coefficient (Wildman–Crippen LogP) is 0.832. The SMILES string of the molecule is O=C(N[C@H]1CCN2C(=O)c3ccccc3NC(=O)[C@@H]2C1)c1cnccn1. The van der Waals surface area contributed by atoms with Gasteiger partial charge in [0, 0.05) is 25.0 Å². The van der Waals surface area contributed by atoms with Crippen LogP contribution in [0.3, 0.4) is 0 Å². The standard InChI is InChI=1S/C18H17N5O3/c24-16(14-10-19-6-7-20-14)21-11-5-8-23-15(9-11)17(25)22-13-4-2-1-3-12(13)18(23)26/h1-4,6-7,10-11,15H,5,8-9H2,(H,21,24)(H,22,25)/t11-,15-/m0/s1. The number of anilines is 1. The maximum Gasteiger partial charge on any atom is 0.271 e. The lowest BCUT2D eigenvalue weighted by Gasteiger charge is -2.37. The minimum Gasteiger partial charge on any atom is -0.348 e. The number of nitrogens with zero attached hydrogens (tertiary/aromatic N) is 3. The number of nitrogens with one attached hydrogen (secondary N) is 2. The molecule has 0 spiro atoms. The van der Waals surface area contributed by atoms with Crippen molar-refractivity contribution in [2.45, 2.75) is 24.9 Å². The van der Waals surface area contributed by atoms with Gasteiger partial charge in [0.25, 0.3) is 11.8 Å². The number of fused-ring (bicyclic) bond motifs is 2. The lowest BCUT2D eigenvalue weighted by molar-refractivity contribution is -0.121. The number of rotatable bonds is 2. The highest BCUT2D eigenvalue weighted by molar-refractivity contribution is 6.10. The molecule has 1 aromatic carbocycles. The van der Waals surface area contributed by atoms with Gasteiger partial charge in [0.1, 0.15) is 11.7 Å². The van der Waals surface area contributed by atoms with Crippen molar-refractivity contribution in [3.8, 4) is 0 Å². The van der Waals surface area contributed by atoms with Crippen molar-refractivity contribution in [3.05, 3.63) is 54.1 Å². The second kappa shape index (κ2) is 6.55. The van der Waals surface area contributed by atoms with Gasteiger partial charge in [-0.05, 0) is 25.0 Å². The molecule has 0 radical (unpaired) electrons. The Bertz CT molecular complexity index is 870. The lowest BCUT2D eigenvalue weighted by atomic mass is 9.96. The molecular formula is C18H17N5O3. The van der Waals surface area contributed by atoms with Crippen LogP contribution in [0, 0.1) is 0 Å². The first-order valence-electron chi connectivity index (χ1n) is 8.41. The Morgan fingerprint density at radius 3 is 2.88 bits per heavy atom. The summed E-state index contributed by atoms with van der Waals surface area (Å²) in [4.78, 5) is 47.1. The summed E-state index contributed by atoms with van der Waals surface area (Å²) in [7, 11) is 0. The number of hydrogen-bond donors (Lipinski definition) is 2. The summed E-state index contributed by atoms with van der Waals surface area (Å²) in [6.07, 6.45) is 5.27. The van der Waals surface area contributed by atoms with Gasteiger partial charge in [-0.2, -0.15) is 0 Å². The molecule has 1 saturated heterocycles. The third-order valence-electron chi connectivity index (χ3n) is 4.71. The highest BCUT2D eigenvalue weighted by atomic mass is 16.2. The van der Waals surface area contributed by atoms with Crippen LogP contribution in [0.2, 0.25) is 0 Å². The number of para-hydroxylation sites is 1. The average Bonchev–Trinajstić information content (AvgIpc) is 2.78. The second-order valence-corrected chi connectivity index (χ2v) is 6.33. The van der Waals surface area contributed by atoms with E-state index in [0.717, 1.165) is 0 Å². The van der Waals surface area contributed by atoms with Gasteiger partial charge < -0.3 is 15.5 Å². The molecule has 1 aromatic heterocycles. The number of piperidine rings is 1. The number of benzene rings is 1. The van der Waals surface area contributed by atoms with Crippen LogP contribution >= 0.6 is 0 Å². The highest BCUT2D eigenvalue weighted by Gasteiger charge is 2.40. The van der Waals surface area contributed by atoms with Gasteiger partial charge in [0.2, 0.25) is 5.91 Å². The quantitative estimate of drug-likeness (QED) is 0.834. The Balaban J connectivity index is 1.51. The van der Waals surface area contributed by atoms with Crippen molar-refractivity contribution in [2.24, 2.45) is 0 Å². The molecule has 3 amide bonds. The Hall–Kier alpha value is -3.29. The minimum absolute atomic E-state index is 0.164. The molecule has 0 aliphatic carbocycles. The summed E-state index contributed by atoms with van der Waals surface area (Å²) < 4.78 is 0. The van der Waals surface area contributed by atoms with Gasteiger partial charge in [-0.1, -0.05) is 12.1 Å². The zero-order valence-electron chi connectivity index (χ0n) is 13.9. The van der Waals surface area contributed by atoms with Crippen LogP contribution in [0.15, 0.2) is 42.9 Å². The summed E-state index contributed by atoms with van der Waals surface area (Å²) in [6, 6.07) is 6.15. The van der Waals surface area contributed by atoms with E-state index in [1.165, 1.54) is 18.6 Å². The third-order valence-corrected chi connectivity index (χ3v) is 4.71. The van der Waals surface area contributed by atoms with E-state index in [-0.39, 0.29) is 29.5 Å². The van der Waals surface area contributed by atoms with E-state index in [1.807, 2.05) is 0 Å². The molecule has 0 saturated carbocycles. The molecule has 0 bridgehead atoms. The first kappa shape index (κ1) is 16.2. The number of hydrogen-bond acceptors (Lipinski definition) is 5. The van der Waals surface area contributed by atoms with Crippen molar-refractivity contribution < 1.29 is 14.4 Å². The van der Waals surface area contributed by atoms with E-state index in [9.17, 15) is 14.4 Å². The molecule has 2 N–H and O–H groups in total. The van der Waals surface area contributed by atoms with Gasteiger partial charge in [0.15, 0.2) is 0 Å². The van der Waals surface area contributed by atoms with E-state index >= 15 is 0 Å². The number of carbonyl (C=O) groups is 3. The van der Waals surface area contributed by atoms with Gasteiger partial charge in [-0.15, -0.1) is 0 Å². The average molecular weight is 351 g/mol. The van der Waals surface area contributed by atoms with Crippen LogP contribution in [-0.4, -0.2) is 51.2 Å². The van der Waals surface area contributed by atoms with Crippen molar-refractivity contribution in [1.29, 1.82) is 0 Å². The fourth-order valence-corrected chi connectivity index (χ4v) is 3.41. The van der Waals surface area contributed by atoms with E-state index in [0.29, 0.717) is 30.6 Å². The molecule has 8 heteroatoms. The van der Waals surface area contributed by atoms with Crippen LogP contribution in [-0.2, 0) is 4.79 Å².